The summed E-state index contributed by atoms with van der Waals surface area (Å²) in [5, 5.41) is 0. The van der Waals surface area contributed by atoms with Crippen molar-refractivity contribution in [3.63, 3.8) is 0 Å². The van der Waals surface area contributed by atoms with E-state index in [2.05, 4.69) is 0 Å². The second-order valence-corrected chi connectivity index (χ2v) is 5.80. The van der Waals surface area contributed by atoms with Crippen LogP contribution in [0.15, 0.2) is 23.1 Å². The van der Waals surface area contributed by atoms with E-state index < -0.39 is 0 Å². The molecule has 1 amide bonds. The lowest BCUT2D eigenvalue weighted by Gasteiger charge is -2.18. The van der Waals surface area contributed by atoms with Crippen LogP contribution in [-0.4, -0.2) is 37.3 Å². The fourth-order valence-corrected chi connectivity index (χ4v) is 2.43. The summed E-state index contributed by atoms with van der Waals surface area (Å²) in [5.74, 6) is 0.974. The first-order valence-corrected chi connectivity index (χ1v) is 7.90. The van der Waals surface area contributed by atoms with Gasteiger partial charge in [-0.3, -0.25) is 4.79 Å². The maximum absolute atomic E-state index is 12.0. The zero-order valence-corrected chi connectivity index (χ0v) is 13.5. The van der Waals surface area contributed by atoms with E-state index in [4.69, 9.17) is 10.5 Å². The molecule has 0 spiro atoms. The minimum Gasteiger partial charge on any atom is -0.496 e. The van der Waals surface area contributed by atoms with Crippen molar-refractivity contribution >= 4 is 17.7 Å². The van der Waals surface area contributed by atoms with Gasteiger partial charge in [-0.25, -0.2) is 0 Å². The fraction of sp³-hybridized carbons (Fsp3) is 0.533. The van der Waals surface area contributed by atoms with E-state index in [-0.39, 0.29) is 11.9 Å². The SMILES string of the molecule is COc1cc(CN(C)C(=O)CCC(C)N)ccc1SC. The number of methoxy groups -OCH3 is 1. The summed E-state index contributed by atoms with van der Waals surface area (Å²) in [6.45, 7) is 2.50. The molecule has 0 aliphatic rings. The Kier molecular flexibility index (Phi) is 6.88. The number of nitrogens with two attached hydrogens (primary N) is 1. The number of thioether (sulfide) groups is 1. The number of nitrogens with zero attached hydrogens (tertiary/aromatic N) is 1. The van der Waals surface area contributed by atoms with Crippen molar-refractivity contribution in [2.45, 2.75) is 37.2 Å². The summed E-state index contributed by atoms with van der Waals surface area (Å²) < 4.78 is 5.36. The molecule has 1 unspecified atom stereocenters. The van der Waals surface area contributed by atoms with Crippen LogP contribution in [0.1, 0.15) is 25.3 Å². The van der Waals surface area contributed by atoms with E-state index in [9.17, 15) is 4.79 Å². The molecule has 0 aliphatic carbocycles. The summed E-state index contributed by atoms with van der Waals surface area (Å²) in [6, 6.07) is 6.11. The Bertz CT molecular complexity index is 449. The minimum absolute atomic E-state index is 0.0632. The molecule has 0 saturated carbocycles. The Morgan fingerprint density at radius 1 is 1.50 bits per heavy atom. The lowest BCUT2D eigenvalue weighted by Crippen LogP contribution is -2.28. The lowest BCUT2D eigenvalue weighted by molar-refractivity contribution is -0.130. The van der Waals surface area contributed by atoms with Crippen molar-refractivity contribution in [3.05, 3.63) is 23.8 Å². The van der Waals surface area contributed by atoms with Gasteiger partial charge in [0.1, 0.15) is 5.75 Å². The molecular weight excluding hydrogens is 272 g/mol. The molecule has 112 valence electrons. The van der Waals surface area contributed by atoms with Crippen LogP contribution in [0.2, 0.25) is 0 Å². The molecule has 20 heavy (non-hydrogen) atoms. The van der Waals surface area contributed by atoms with Crippen molar-refractivity contribution in [1.82, 2.24) is 4.90 Å². The predicted octanol–water partition coefficient (Wildman–Crippen LogP) is 2.50. The van der Waals surface area contributed by atoms with Crippen LogP contribution in [0, 0.1) is 0 Å². The molecule has 1 aromatic rings. The molecule has 0 aromatic heterocycles. The van der Waals surface area contributed by atoms with E-state index in [1.54, 1.807) is 23.8 Å². The fourth-order valence-electron chi connectivity index (χ4n) is 1.88. The van der Waals surface area contributed by atoms with Gasteiger partial charge in [-0.1, -0.05) is 6.07 Å². The van der Waals surface area contributed by atoms with Gasteiger partial charge in [0.2, 0.25) is 5.91 Å². The number of benzene rings is 1. The molecule has 5 heteroatoms. The molecule has 0 aliphatic heterocycles. The molecule has 0 saturated heterocycles. The molecule has 1 aromatic carbocycles. The van der Waals surface area contributed by atoms with Crippen LogP contribution < -0.4 is 10.5 Å². The molecule has 0 radical (unpaired) electrons. The second-order valence-electron chi connectivity index (χ2n) is 4.96. The standard InChI is InChI=1S/C15H24N2O2S/c1-11(16)5-8-15(18)17(2)10-12-6-7-14(20-4)13(9-12)19-3/h6-7,9,11H,5,8,10,16H2,1-4H3. The predicted molar refractivity (Wildman–Crippen MR) is 84.1 cm³/mol. The molecule has 0 bridgehead atoms. The maximum Gasteiger partial charge on any atom is 0.222 e. The van der Waals surface area contributed by atoms with Crippen molar-refractivity contribution in [2.75, 3.05) is 20.4 Å². The average molecular weight is 296 g/mol. The van der Waals surface area contributed by atoms with E-state index in [1.165, 1.54) is 0 Å². The van der Waals surface area contributed by atoms with Crippen LogP contribution in [-0.2, 0) is 11.3 Å². The number of hydrogen-bond acceptors (Lipinski definition) is 4. The minimum atomic E-state index is 0.0632. The van der Waals surface area contributed by atoms with Gasteiger partial charge in [0.15, 0.2) is 0 Å². The van der Waals surface area contributed by atoms with Gasteiger partial charge in [-0.05, 0) is 37.3 Å². The first kappa shape index (κ1) is 16.9. The zero-order valence-electron chi connectivity index (χ0n) is 12.7. The summed E-state index contributed by atoms with van der Waals surface area (Å²) >= 11 is 1.65. The van der Waals surface area contributed by atoms with Gasteiger partial charge in [0.25, 0.3) is 0 Å². The highest BCUT2D eigenvalue weighted by Crippen LogP contribution is 2.28. The second kappa shape index (κ2) is 8.17. The van der Waals surface area contributed by atoms with Crippen LogP contribution in [0.25, 0.3) is 0 Å². The van der Waals surface area contributed by atoms with Gasteiger partial charge in [0, 0.05) is 31.0 Å². The van der Waals surface area contributed by atoms with Crippen LogP contribution >= 0.6 is 11.8 Å². The third-order valence-corrected chi connectivity index (χ3v) is 3.88. The largest absolute Gasteiger partial charge is 0.496 e. The normalized spacial score (nSPS) is 12.1. The lowest BCUT2D eigenvalue weighted by atomic mass is 10.1. The van der Waals surface area contributed by atoms with Gasteiger partial charge in [0.05, 0.1) is 7.11 Å². The molecule has 0 fully saturated rings. The van der Waals surface area contributed by atoms with Gasteiger partial charge in [-0.2, -0.15) is 0 Å². The Hall–Kier alpha value is -1.20. The van der Waals surface area contributed by atoms with Crippen molar-refractivity contribution in [3.8, 4) is 5.75 Å². The third-order valence-electron chi connectivity index (χ3n) is 3.11. The van der Waals surface area contributed by atoms with Gasteiger partial charge >= 0.3 is 0 Å². The molecule has 1 atom stereocenters. The highest BCUT2D eigenvalue weighted by molar-refractivity contribution is 7.98. The zero-order chi connectivity index (χ0) is 15.1. The highest BCUT2D eigenvalue weighted by Gasteiger charge is 2.11. The number of carbonyl (C=O) groups is 1. The monoisotopic (exact) mass is 296 g/mol. The number of hydrogen-bond donors (Lipinski definition) is 1. The van der Waals surface area contributed by atoms with E-state index >= 15 is 0 Å². The number of ether oxygens (including phenoxy) is 1. The van der Waals surface area contributed by atoms with Crippen molar-refractivity contribution < 1.29 is 9.53 Å². The smallest absolute Gasteiger partial charge is 0.222 e. The average Bonchev–Trinajstić information content (AvgIpc) is 2.44. The quantitative estimate of drug-likeness (QED) is 0.786. The molecule has 2 N–H and O–H groups in total. The van der Waals surface area contributed by atoms with E-state index in [0.29, 0.717) is 13.0 Å². The Morgan fingerprint density at radius 2 is 2.20 bits per heavy atom. The van der Waals surface area contributed by atoms with Crippen LogP contribution in [0.5, 0.6) is 5.75 Å². The number of rotatable bonds is 7. The van der Waals surface area contributed by atoms with Gasteiger partial charge in [-0.15, -0.1) is 11.8 Å². The van der Waals surface area contributed by atoms with E-state index in [1.807, 2.05) is 38.4 Å². The first-order valence-electron chi connectivity index (χ1n) is 6.68. The number of amides is 1. The van der Waals surface area contributed by atoms with Gasteiger partial charge < -0.3 is 15.4 Å². The molecular formula is C15H24N2O2S. The molecule has 0 heterocycles. The Morgan fingerprint density at radius 3 is 2.75 bits per heavy atom. The highest BCUT2D eigenvalue weighted by atomic mass is 32.2. The topological polar surface area (TPSA) is 55.6 Å². The Labute approximate surface area is 125 Å². The Balaban J connectivity index is 2.65. The van der Waals surface area contributed by atoms with Crippen LogP contribution in [0.3, 0.4) is 0 Å². The summed E-state index contributed by atoms with van der Waals surface area (Å²) in [5.41, 5.74) is 6.74. The third kappa shape index (κ3) is 5.06. The molecule has 4 nitrogen and oxygen atoms in total. The number of carbonyl (C=O) groups excluding carboxylic acids is 1. The first-order chi connectivity index (χ1) is 9.47. The summed E-state index contributed by atoms with van der Waals surface area (Å²) in [6.07, 6.45) is 3.23. The van der Waals surface area contributed by atoms with Crippen molar-refractivity contribution in [1.29, 1.82) is 0 Å². The van der Waals surface area contributed by atoms with E-state index in [0.717, 1.165) is 22.6 Å². The summed E-state index contributed by atoms with van der Waals surface area (Å²) in [4.78, 5) is 14.8. The maximum atomic E-state index is 12.0. The molecule has 1 rings (SSSR count). The van der Waals surface area contributed by atoms with Crippen molar-refractivity contribution in [2.24, 2.45) is 5.73 Å². The van der Waals surface area contributed by atoms with Crippen LogP contribution in [0.4, 0.5) is 0 Å². The summed E-state index contributed by atoms with van der Waals surface area (Å²) in [7, 11) is 3.48.